The Morgan fingerprint density at radius 1 is 1.09 bits per heavy atom. The molecule has 1 N–H and O–H groups in total. The normalized spacial score (nSPS) is 14.8. The average Bonchev–Trinajstić information content (AvgIpc) is 3.01. The van der Waals surface area contributed by atoms with Gasteiger partial charge in [-0.3, -0.25) is 0 Å². The molecule has 1 rings (SSSR count). The number of ether oxygens (including phenoxy) is 1. The standard InChI is InChI=1S/C15H30N2O5Si/c1-5-15(23(20-6-2,21-7-3)22-8-4)19-12-14(18)11-17-10-9-16-13-17/h9-10,13-15,18H,5-8,11-12H2,1-4H3. The fraction of sp³-hybridized carbons (Fsp3) is 0.800. The zero-order valence-electron chi connectivity index (χ0n) is 14.6. The number of hydrogen-bond donors (Lipinski definition) is 1. The highest BCUT2D eigenvalue weighted by atomic mass is 28.4. The molecular weight excluding hydrogens is 316 g/mol. The minimum absolute atomic E-state index is 0.193. The van der Waals surface area contributed by atoms with Gasteiger partial charge in [0.25, 0.3) is 0 Å². The molecule has 0 radical (unpaired) electrons. The van der Waals surface area contributed by atoms with Crippen molar-refractivity contribution in [3.63, 3.8) is 0 Å². The molecule has 1 aromatic heterocycles. The van der Waals surface area contributed by atoms with Crippen LogP contribution in [0.1, 0.15) is 34.1 Å². The second kappa shape index (κ2) is 10.9. The molecule has 2 unspecified atom stereocenters. The van der Waals surface area contributed by atoms with Crippen molar-refractivity contribution in [1.82, 2.24) is 9.55 Å². The molecule has 0 aromatic carbocycles. The number of aliphatic hydroxyl groups is 1. The van der Waals surface area contributed by atoms with Gasteiger partial charge in [0.15, 0.2) is 0 Å². The van der Waals surface area contributed by atoms with E-state index in [1.54, 1.807) is 18.7 Å². The molecule has 0 saturated carbocycles. The molecule has 0 aliphatic heterocycles. The van der Waals surface area contributed by atoms with Crippen LogP contribution < -0.4 is 0 Å². The lowest BCUT2D eigenvalue weighted by Crippen LogP contribution is -2.58. The zero-order valence-corrected chi connectivity index (χ0v) is 15.6. The summed E-state index contributed by atoms with van der Waals surface area (Å²) in [5.41, 5.74) is -0.292. The SMILES string of the molecule is CCO[Si](OCC)(OCC)C(CC)OCC(O)Cn1ccnc1. The summed E-state index contributed by atoms with van der Waals surface area (Å²) in [6.07, 6.45) is 5.22. The van der Waals surface area contributed by atoms with Gasteiger partial charge in [0.05, 0.1) is 25.6 Å². The molecule has 8 heteroatoms. The van der Waals surface area contributed by atoms with Gasteiger partial charge in [-0.25, -0.2) is 4.98 Å². The van der Waals surface area contributed by atoms with Crippen LogP contribution in [0, 0.1) is 0 Å². The molecule has 0 saturated heterocycles. The summed E-state index contributed by atoms with van der Waals surface area (Å²) in [5, 5.41) is 10.1. The first-order chi connectivity index (χ1) is 11.1. The Morgan fingerprint density at radius 2 is 1.70 bits per heavy atom. The van der Waals surface area contributed by atoms with Gasteiger partial charge >= 0.3 is 8.80 Å². The monoisotopic (exact) mass is 346 g/mol. The number of imidazole rings is 1. The van der Waals surface area contributed by atoms with Crippen LogP contribution in [0.15, 0.2) is 18.7 Å². The second-order valence-corrected chi connectivity index (χ2v) is 7.76. The predicted molar refractivity (Wildman–Crippen MR) is 88.9 cm³/mol. The fourth-order valence-corrected chi connectivity index (χ4v) is 5.21. The average molecular weight is 346 g/mol. The molecule has 1 aromatic rings. The maximum Gasteiger partial charge on any atom is 0.531 e. The van der Waals surface area contributed by atoms with Gasteiger partial charge in [-0.1, -0.05) is 6.92 Å². The molecule has 0 amide bonds. The quantitative estimate of drug-likeness (QED) is 0.547. The van der Waals surface area contributed by atoms with E-state index in [9.17, 15) is 5.11 Å². The third-order valence-electron chi connectivity index (χ3n) is 3.27. The maximum absolute atomic E-state index is 10.1. The van der Waals surface area contributed by atoms with Crippen LogP contribution in [0.3, 0.4) is 0 Å². The summed E-state index contributed by atoms with van der Waals surface area (Å²) in [7, 11) is -2.92. The molecule has 0 aliphatic rings. The lowest BCUT2D eigenvalue weighted by Gasteiger charge is -2.34. The van der Waals surface area contributed by atoms with Crippen LogP contribution in [-0.4, -0.2) is 61.7 Å². The Kier molecular flexibility index (Phi) is 9.61. The molecule has 2 atom stereocenters. The highest BCUT2D eigenvalue weighted by molar-refractivity contribution is 6.62. The largest absolute Gasteiger partial charge is 0.531 e. The minimum atomic E-state index is -2.92. The van der Waals surface area contributed by atoms with Gasteiger partial charge in [-0.15, -0.1) is 0 Å². The lowest BCUT2D eigenvalue weighted by atomic mass is 10.4. The third kappa shape index (κ3) is 6.32. The van der Waals surface area contributed by atoms with E-state index in [1.807, 2.05) is 32.3 Å². The van der Waals surface area contributed by atoms with Gasteiger partial charge in [0, 0.05) is 32.2 Å². The first-order valence-corrected chi connectivity index (χ1v) is 10.1. The number of aromatic nitrogens is 2. The van der Waals surface area contributed by atoms with Crippen LogP contribution in [-0.2, 0) is 24.6 Å². The van der Waals surface area contributed by atoms with Crippen molar-refractivity contribution < 1.29 is 23.1 Å². The number of aliphatic hydroxyl groups excluding tert-OH is 1. The highest BCUT2D eigenvalue weighted by Gasteiger charge is 2.49. The van der Waals surface area contributed by atoms with Crippen LogP contribution in [0.5, 0.6) is 0 Å². The predicted octanol–water partition coefficient (Wildman–Crippen LogP) is 1.63. The van der Waals surface area contributed by atoms with Gasteiger partial charge in [0.1, 0.15) is 5.73 Å². The van der Waals surface area contributed by atoms with Gasteiger partial charge in [-0.05, 0) is 27.2 Å². The zero-order chi connectivity index (χ0) is 17.1. The Bertz CT molecular complexity index is 388. The van der Waals surface area contributed by atoms with E-state index >= 15 is 0 Å². The summed E-state index contributed by atoms with van der Waals surface area (Å²) in [6.45, 7) is 9.89. The summed E-state index contributed by atoms with van der Waals surface area (Å²) in [6, 6.07) is 0. The van der Waals surface area contributed by atoms with E-state index in [-0.39, 0.29) is 12.3 Å². The van der Waals surface area contributed by atoms with Crippen molar-refractivity contribution in [3.8, 4) is 0 Å². The lowest BCUT2D eigenvalue weighted by molar-refractivity contribution is -0.0402. The van der Waals surface area contributed by atoms with E-state index < -0.39 is 14.9 Å². The number of nitrogens with zero attached hydrogens (tertiary/aromatic N) is 2. The highest BCUT2D eigenvalue weighted by Crippen LogP contribution is 2.21. The molecule has 7 nitrogen and oxygen atoms in total. The van der Waals surface area contributed by atoms with E-state index in [0.29, 0.717) is 32.8 Å². The smallest absolute Gasteiger partial charge is 0.389 e. The van der Waals surface area contributed by atoms with Crippen molar-refractivity contribution in [2.24, 2.45) is 0 Å². The molecule has 1 heterocycles. The number of hydrogen-bond acceptors (Lipinski definition) is 6. The number of rotatable bonds is 13. The van der Waals surface area contributed by atoms with Crippen molar-refractivity contribution in [2.75, 3.05) is 26.4 Å². The minimum Gasteiger partial charge on any atom is -0.389 e. The van der Waals surface area contributed by atoms with Crippen molar-refractivity contribution in [2.45, 2.75) is 52.5 Å². The Morgan fingerprint density at radius 3 is 2.13 bits per heavy atom. The molecule has 0 bridgehead atoms. The molecule has 134 valence electrons. The van der Waals surface area contributed by atoms with Gasteiger partial charge in [0.2, 0.25) is 0 Å². The van der Waals surface area contributed by atoms with Crippen LogP contribution in [0.4, 0.5) is 0 Å². The van der Waals surface area contributed by atoms with Crippen molar-refractivity contribution >= 4 is 8.80 Å². The van der Waals surface area contributed by atoms with E-state index in [0.717, 1.165) is 0 Å². The van der Waals surface area contributed by atoms with Gasteiger partial charge < -0.3 is 27.7 Å². The Hall–Kier alpha value is -0.773. The van der Waals surface area contributed by atoms with Crippen molar-refractivity contribution in [3.05, 3.63) is 18.7 Å². The first kappa shape index (κ1) is 20.3. The van der Waals surface area contributed by atoms with E-state index in [1.165, 1.54) is 0 Å². The Balaban J connectivity index is 2.65. The molecule has 0 aliphatic carbocycles. The van der Waals surface area contributed by atoms with Crippen LogP contribution >= 0.6 is 0 Å². The summed E-state index contributed by atoms with van der Waals surface area (Å²) in [4.78, 5) is 3.96. The van der Waals surface area contributed by atoms with Gasteiger partial charge in [-0.2, -0.15) is 0 Å². The summed E-state index contributed by atoms with van der Waals surface area (Å²) < 4.78 is 25.4. The molecule has 23 heavy (non-hydrogen) atoms. The van der Waals surface area contributed by atoms with E-state index in [2.05, 4.69) is 4.98 Å². The topological polar surface area (TPSA) is 75.0 Å². The Labute approximate surface area is 139 Å². The third-order valence-corrected chi connectivity index (χ3v) is 6.71. The summed E-state index contributed by atoms with van der Waals surface area (Å²) >= 11 is 0. The summed E-state index contributed by atoms with van der Waals surface area (Å²) in [5.74, 6) is 0. The fourth-order valence-electron chi connectivity index (χ4n) is 2.40. The van der Waals surface area contributed by atoms with Crippen LogP contribution in [0.2, 0.25) is 0 Å². The van der Waals surface area contributed by atoms with Crippen LogP contribution in [0.25, 0.3) is 0 Å². The maximum atomic E-state index is 10.1. The molecule has 0 spiro atoms. The molecule has 0 fully saturated rings. The first-order valence-electron chi connectivity index (χ1n) is 8.29. The van der Waals surface area contributed by atoms with Crippen molar-refractivity contribution in [1.29, 1.82) is 0 Å². The molecular formula is C15H30N2O5Si. The van der Waals surface area contributed by atoms with E-state index in [4.69, 9.17) is 18.0 Å². The second-order valence-electron chi connectivity index (χ2n) is 5.05.